The van der Waals surface area contributed by atoms with Crippen LogP contribution in [-0.2, 0) is 6.42 Å². The SMILES string of the molecule is NNC(c1cc(Br)ccc1Br)c1cccc2c1OCC2. The molecule has 20 heavy (non-hydrogen) atoms. The summed E-state index contributed by atoms with van der Waals surface area (Å²) in [6.07, 6.45) is 0.958. The van der Waals surface area contributed by atoms with Crippen molar-refractivity contribution < 1.29 is 4.74 Å². The largest absolute Gasteiger partial charge is 0.493 e. The molecule has 104 valence electrons. The molecule has 2 aromatic rings. The van der Waals surface area contributed by atoms with Crippen molar-refractivity contribution in [2.24, 2.45) is 5.84 Å². The van der Waals surface area contributed by atoms with Crippen LogP contribution in [0, 0.1) is 0 Å². The van der Waals surface area contributed by atoms with E-state index in [1.54, 1.807) is 0 Å². The van der Waals surface area contributed by atoms with E-state index in [1.807, 2.05) is 12.1 Å². The lowest BCUT2D eigenvalue weighted by Gasteiger charge is -2.21. The van der Waals surface area contributed by atoms with Crippen LogP contribution in [0.4, 0.5) is 0 Å². The molecule has 2 aromatic carbocycles. The second-order valence-corrected chi connectivity index (χ2v) is 6.47. The molecule has 1 atom stereocenters. The van der Waals surface area contributed by atoms with E-state index in [0.29, 0.717) is 0 Å². The van der Waals surface area contributed by atoms with Crippen molar-refractivity contribution in [1.29, 1.82) is 0 Å². The summed E-state index contributed by atoms with van der Waals surface area (Å²) in [6.45, 7) is 0.739. The Bertz CT molecular complexity index is 646. The lowest BCUT2D eigenvalue weighted by molar-refractivity contribution is 0.350. The Morgan fingerprint density at radius 3 is 2.80 bits per heavy atom. The molecule has 0 aliphatic carbocycles. The molecule has 3 rings (SSSR count). The Balaban J connectivity index is 2.11. The Morgan fingerprint density at radius 1 is 1.15 bits per heavy atom. The average molecular weight is 398 g/mol. The van der Waals surface area contributed by atoms with Crippen molar-refractivity contribution >= 4 is 31.9 Å². The van der Waals surface area contributed by atoms with Crippen LogP contribution in [0.3, 0.4) is 0 Å². The fourth-order valence-corrected chi connectivity index (χ4v) is 3.41. The lowest BCUT2D eigenvalue weighted by Crippen LogP contribution is -2.29. The smallest absolute Gasteiger partial charge is 0.127 e. The van der Waals surface area contributed by atoms with Crippen LogP contribution in [0.1, 0.15) is 22.7 Å². The third kappa shape index (κ3) is 2.51. The fourth-order valence-electron chi connectivity index (χ4n) is 2.55. The molecule has 0 saturated heterocycles. The molecule has 0 saturated carbocycles. The van der Waals surface area contributed by atoms with Crippen molar-refractivity contribution in [1.82, 2.24) is 5.43 Å². The number of hydrazine groups is 1. The van der Waals surface area contributed by atoms with Gasteiger partial charge in [0.05, 0.1) is 12.6 Å². The fraction of sp³-hybridized carbons (Fsp3) is 0.200. The molecular formula is C15H14Br2N2O. The normalized spacial score (nSPS) is 14.8. The number of fused-ring (bicyclic) bond motifs is 1. The summed E-state index contributed by atoms with van der Waals surface area (Å²) in [4.78, 5) is 0. The Hall–Kier alpha value is -0.880. The van der Waals surface area contributed by atoms with E-state index in [4.69, 9.17) is 10.6 Å². The average Bonchev–Trinajstić information content (AvgIpc) is 2.92. The first kappa shape index (κ1) is 14.1. The van der Waals surface area contributed by atoms with Crippen LogP contribution in [0.25, 0.3) is 0 Å². The zero-order valence-electron chi connectivity index (χ0n) is 10.7. The summed E-state index contributed by atoms with van der Waals surface area (Å²) >= 11 is 7.10. The van der Waals surface area contributed by atoms with Gasteiger partial charge in [0, 0.05) is 20.9 Å². The highest BCUT2D eigenvalue weighted by Gasteiger charge is 2.24. The van der Waals surface area contributed by atoms with E-state index < -0.39 is 0 Å². The van der Waals surface area contributed by atoms with Crippen molar-refractivity contribution in [2.45, 2.75) is 12.5 Å². The summed E-state index contributed by atoms with van der Waals surface area (Å²) in [5.41, 5.74) is 6.29. The first-order valence-electron chi connectivity index (χ1n) is 6.36. The van der Waals surface area contributed by atoms with Crippen LogP contribution in [0.5, 0.6) is 5.75 Å². The van der Waals surface area contributed by atoms with Gasteiger partial charge in [-0.25, -0.2) is 5.43 Å². The molecule has 0 bridgehead atoms. The quantitative estimate of drug-likeness (QED) is 0.613. The maximum atomic E-state index is 5.81. The number of nitrogens with one attached hydrogen (secondary N) is 1. The number of hydrogen-bond donors (Lipinski definition) is 2. The van der Waals surface area contributed by atoms with Crippen molar-refractivity contribution in [2.75, 3.05) is 6.61 Å². The minimum atomic E-state index is -0.116. The number of nitrogens with two attached hydrogens (primary N) is 1. The van der Waals surface area contributed by atoms with Gasteiger partial charge in [0.1, 0.15) is 5.75 Å². The third-order valence-corrected chi connectivity index (χ3v) is 4.71. The van der Waals surface area contributed by atoms with Crippen molar-refractivity contribution in [3.8, 4) is 5.75 Å². The number of benzene rings is 2. The molecule has 0 fully saturated rings. The molecule has 0 amide bonds. The van der Waals surface area contributed by atoms with Gasteiger partial charge >= 0.3 is 0 Å². The second-order valence-electron chi connectivity index (χ2n) is 4.70. The van der Waals surface area contributed by atoms with E-state index in [0.717, 1.165) is 38.8 Å². The van der Waals surface area contributed by atoms with Gasteiger partial charge in [0.2, 0.25) is 0 Å². The molecule has 1 unspecified atom stereocenters. The summed E-state index contributed by atoms with van der Waals surface area (Å²) in [5.74, 6) is 6.77. The maximum absolute atomic E-state index is 5.81. The minimum Gasteiger partial charge on any atom is -0.493 e. The van der Waals surface area contributed by atoms with Gasteiger partial charge in [-0.3, -0.25) is 5.84 Å². The summed E-state index contributed by atoms with van der Waals surface area (Å²) < 4.78 is 7.81. The predicted molar refractivity (Wildman–Crippen MR) is 86.6 cm³/mol. The number of hydrogen-bond acceptors (Lipinski definition) is 3. The molecule has 0 radical (unpaired) electrons. The van der Waals surface area contributed by atoms with Crippen LogP contribution in [-0.4, -0.2) is 6.61 Å². The maximum Gasteiger partial charge on any atom is 0.127 e. The number of para-hydroxylation sites is 1. The highest BCUT2D eigenvalue weighted by atomic mass is 79.9. The standard InChI is InChI=1S/C15H14Br2N2O/c16-10-4-5-13(17)12(8-10)14(19-18)11-3-1-2-9-6-7-20-15(9)11/h1-5,8,14,19H,6-7,18H2. The van der Waals surface area contributed by atoms with Gasteiger partial charge in [-0.2, -0.15) is 0 Å². The predicted octanol–water partition coefficient (Wildman–Crippen LogP) is 3.70. The van der Waals surface area contributed by atoms with Crippen LogP contribution in [0.2, 0.25) is 0 Å². The molecule has 5 heteroatoms. The molecule has 1 aliphatic heterocycles. The van der Waals surface area contributed by atoms with Gasteiger partial charge in [0.25, 0.3) is 0 Å². The highest BCUT2D eigenvalue weighted by Crippen LogP contribution is 2.38. The zero-order valence-corrected chi connectivity index (χ0v) is 13.9. The van der Waals surface area contributed by atoms with Crippen LogP contribution in [0.15, 0.2) is 45.3 Å². The number of ether oxygens (including phenoxy) is 1. The Labute approximate surface area is 134 Å². The highest BCUT2D eigenvalue weighted by molar-refractivity contribution is 9.11. The summed E-state index contributed by atoms with van der Waals surface area (Å²) in [6, 6.07) is 12.2. The summed E-state index contributed by atoms with van der Waals surface area (Å²) in [7, 11) is 0. The third-order valence-electron chi connectivity index (χ3n) is 3.49. The Morgan fingerprint density at radius 2 is 2.00 bits per heavy atom. The second kappa shape index (κ2) is 5.85. The first-order chi connectivity index (χ1) is 9.70. The van der Waals surface area contributed by atoms with Crippen molar-refractivity contribution in [3.63, 3.8) is 0 Å². The molecule has 1 aliphatic rings. The molecule has 0 spiro atoms. The number of rotatable bonds is 3. The molecule has 3 N–H and O–H groups in total. The molecule has 3 nitrogen and oxygen atoms in total. The van der Waals surface area contributed by atoms with Gasteiger partial charge in [-0.05, 0) is 29.3 Å². The molecule has 1 heterocycles. The van der Waals surface area contributed by atoms with Crippen molar-refractivity contribution in [3.05, 3.63) is 62.0 Å². The monoisotopic (exact) mass is 396 g/mol. The van der Waals surface area contributed by atoms with Crippen LogP contribution >= 0.6 is 31.9 Å². The van der Waals surface area contributed by atoms with E-state index >= 15 is 0 Å². The van der Waals surface area contributed by atoms with Gasteiger partial charge in [0.15, 0.2) is 0 Å². The van der Waals surface area contributed by atoms with E-state index in [-0.39, 0.29) is 6.04 Å². The molecular weight excluding hydrogens is 384 g/mol. The van der Waals surface area contributed by atoms with Crippen LogP contribution < -0.4 is 16.0 Å². The molecule has 0 aromatic heterocycles. The Kier molecular flexibility index (Phi) is 4.12. The zero-order chi connectivity index (χ0) is 14.1. The first-order valence-corrected chi connectivity index (χ1v) is 7.95. The number of halogens is 2. The van der Waals surface area contributed by atoms with E-state index in [9.17, 15) is 0 Å². The van der Waals surface area contributed by atoms with Gasteiger partial charge in [-0.15, -0.1) is 0 Å². The minimum absolute atomic E-state index is 0.116. The lowest BCUT2D eigenvalue weighted by atomic mass is 9.96. The van der Waals surface area contributed by atoms with E-state index in [2.05, 4.69) is 61.6 Å². The van der Waals surface area contributed by atoms with E-state index in [1.165, 1.54) is 5.56 Å². The topological polar surface area (TPSA) is 47.3 Å². The van der Waals surface area contributed by atoms with Gasteiger partial charge in [-0.1, -0.05) is 50.1 Å². The van der Waals surface area contributed by atoms with Gasteiger partial charge < -0.3 is 4.74 Å². The summed E-state index contributed by atoms with van der Waals surface area (Å²) in [5, 5.41) is 0.